The quantitative estimate of drug-likeness (QED) is 0.782. The number of benzene rings is 1. The maximum Gasteiger partial charge on any atom is 0.300 e. The van der Waals surface area contributed by atoms with Gasteiger partial charge in [0, 0.05) is 18.4 Å². The molecule has 3 nitrogen and oxygen atoms in total. The molecular weight excluding hydrogens is 261 g/mol. The van der Waals surface area contributed by atoms with Crippen molar-refractivity contribution in [3.8, 4) is 0 Å². The number of carboxylic acids is 1. The first-order chi connectivity index (χ1) is 10.1. The summed E-state index contributed by atoms with van der Waals surface area (Å²) < 4.78 is 0. The van der Waals surface area contributed by atoms with Gasteiger partial charge in [0.2, 0.25) is 0 Å². The van der Waals surface area contributed by atoms with Gasteiger partial charge in [-0.05, 0) is 30.9 Å². The summed E-state index contributed by atoms with van der Waals surface area (Å²) in [6, 6.07) is 10.3. The van der Waals surface area contributed by atoms with E-state index in [4.69, 9.17) is 7.85 Å². The second kappa shape index (κ2) is 7.12. The lowest BCUT2D eigenvalue weighted by Gasteiger charge is -2.32. The van der Waals surface area contributed by atoms with E-state index in [-0.39, 0.29) is 5.92 Å². The minimum atomic E-state index is -1.07. The average Bonchev–Trinajstić information content (AvgIpc) is 2.94. The van der Waals surface area contributed by atoms with Gasteiger partial charge < -0.3 is 5.11 Å². The summed E-state index contributed by atoms with van der Waals surface area (Å²) in [7, 11) is 6.26. The predicted octanol–water partition coefficient (Wildman–Crippen LogP) is 3.11. The largest absolute Gasteiger partial charge is 0.481 e. The monoisotopic (exact) mass is 285 g/mol. The maximum absolute atomic E-state index is 11.6. The van der Waals surface area contributed by atoms with Crippen molar-refractivity contribution in [2.24, 2.45) is 5.92 Å². The molecule has 1 aromatic carbocycles. The van der Waals surface area contributed by atoms with Gasteiger partial charge >= 0.3 is 5.97 Å². The van der Waals surface area contributed by atoms with E-state index in [1.807, 2.05) is 18.2 Å². The molecule has 2 unspecified atom stereocenters. The number of rotatable bonds is 7. The molecule has 1 heterocycles. The van der Waals surface area contributed by atoms with Gasteiger partial charge in [0.15, 0.2) is 0 Å². The van der Waals surface area contributed by atoms with Crippen LogP contribution in [0.25, 0.3) is 0 Å². The van der Waals surface area contributed by atoms with Crippen LogP contribution in [0, 0.1) is 5.92 Å². The Morgan fingerprint density at radius 3 is 2.76 bits per heavy atom. The highest BCUT2D eigenvalue weighted by atomic mass is 16.4. The molecule has 4 heteroatoms. The second-order valence-electron chi connectivity index (χ2n) is 6.16. The van der Waals surface area contributed by atoms with E-state index in [1.54, 1.807) is 0 Å². The number of nitrogens with zero attached hydrogens (tertiary/aromatic N) is 1. The van der Waals surface area contributed by atoms with Crippen molar-refractivity contribution in [1.82, 2.24) is 4.90 Å². The molecule has 2 radical (unpaired) electrons. The smallest absolute Gasteiger partial charge is 0.300 e. The molecule has 0 bridgehead atoms. The Morgan fingerprint density at radius 2 is 2.14 bits per heavy atom. The minimum Gasteiger partial charge on any atom is -0.481 e. The van der Waals surface area contributed by atoms with Crippen molar-refractivity contribution in [2.45, 2.75) is 44.5 Å². The van der Waals surface area contributed by atoms with Crippen LogP contribution in [0.1, 0.15) is 38.2 Å². The van der Waals surface area contributed by atoms with Crippen LogP contribution < -0.4 is 0 Å². The fourth-order valence-electron chi connectivity index (χ4n) is 3.19. The van der Waals surface area contributed by atoms with Crippen LogP contribution in [0.2, 0.25) is 5.31 Å². The molecular formula is C17H24BNO2. The summed E-state index contributed by atoms with van der Waals surface area (Å²) >= 11 is 0. The zero-order valence-electron chi connectivity index (χ0n) is 12.8. The molecule has 1 saturated heterocycles. The van der Waals surface area contributed by atoms with E-state index in [0.717, 1.165) is 38.9 Å². The summed E-state index contributed by atoms with van der Waals surface area (Å²) in [6.07, 6.45) is 3.30. The highest BCUT2D eigenvalue weighted by Crippen LogP contribution is 2.43. The molecule has 1 fully saturated rings. The minimum absolute atomic E-state index is 0.0465. The number of likely N-dealkylation sites (tertiary alicyclic amines) is 1. The highest BCUT2D eigenvalue weighted by Gasteiger charge is 2.43. The lowest BCUT2D eigenvalue weighted by atomic mass is 9.57. The summed E-state index contributed by atoms with van der Waals surface area (Å²) in [6.45, 7) is 4.65. The number of aliphatic carboxylic acids is 1. The first-order valence-electron chi connectivity index (χ1n) is 7.85. The van der Waals surface area contributed by atoms with Crippen LogP contribution in [-0.4, -0.2) is 36.9 Å². The van der Waals surface area contributed by atoms with Gasteiger partial charge in [-0.3, -0.25) is 9.69 Å². The second-order valence-corrected chi connectivity index (χ2v) is 6.16. The van der Waals surface area contributed by atoms with Crippen LogP contribution >= 0.6 is 0 Å². The van der Waals surface area contributed by atoms with Gasteiger partial charge in [0.05, 0.1) is 7.85 Å². The summed E-state index contributed by atoms with van der Waals surface area (Å²) in [5.41, 5.74) is 1.27. The van der Waals surface area contributed by atoms with E-state index >= 15 is 0 Å². The number of hydrogen-bond donors (Lipinski definition) is 1. The molecule has 0 aliphatic carbocycles. The molecule has 21 heavy (non-hydrogen) atoms. The normalized spacial score (nSPS) is 22.0. The number of carbonyl (C=O) groups is 1. The lowest BCUT2D eigenvalue weighted by molar-refractivity contribution is -0.142. The van der Waals surface area contributed by atoms with Gasteiger partial charge in [-0.15, -0.1) is 0 Å². The SMILES string of the molecule is [B]C(CCCC)(C(=O)O)C1CCN(Cc2ccccc2)C1. The van der Waals surface area contributed by atoms with Gasteiger partial charge in [0.25, 0.3) is 0 Å². The van der Waals surface area contributed by atoms with E-state index in [2.05, 4.69) is 24.0 Å². The van der Waals surface area contributed by atoms with Crippen molar-refractivity contribution in [2.75, 3.05) is 13.1 Å². The number of unbranched alkanes of at least 4 members (excludes halogenated alkanes) is 1. The number of carboxylic acid groups (broad SMARTS) is 1. The van der Waals surface area contributed by atoms with Crippen molar-refractivity contribution in [1.29, 1.82) is 0 Å². The molecule has 112 valence electrons. The molecule has 2 rings (SSSR count). The Hall–Kier alpha value is -1.29. The summed E-state index contributed by atoms with van der Waals surface area (Å²) in [5.74, 6) is -0.798. The predicted molar refractivity (Wildman–Crippen MR) is 85.4 cm³/mol. The summed E-state index contributed by atoms with van der Waals surface area (Å²) in [5, 5.41) is 8.48. The molecule has 1 aliphatic heterocycles. The molecule has 0 aromatic heterocycles. The van der Waals surface area contributed by atoms with Crippen molar-refractivity contribution >= 4 is 13.8 Å². The van der Waals surface area contributed by atoms with E-state index < -0.39 is 11.3 Å². The van der Waals surface area contributed by atoms with Gasteiger partial charge in [-0.2, -0.15) is 0 Å². The molecule has 0 saturated carbocycles. The van der Waals surface area contributed by atoms with E-state index in [9.17, 15) is 9.90 Å². The van der Waals surface area contributed by atoms with Crippen LogP contribution in [0.15, 0.2) is 30.3 Å². The van der Waals surface area contributed by atoms with Crippen molar-refractivity contribution in [3.63, 3.8) is 0 Å². The topological polar surface area (TPSA) is 40.5 Å². The van der Waals surface area contributed by atoms with Crippen molar-refractivity contribution in [3.05, 3.63) is 35.9 Å². The first kappa shape index (κ1) is 16.1. The third kappa shape index (κ3) is 3.88. The average molecular weight is 285 g/mol. The van der Waals surface area contributed by atoms with Gasteiger partial charge in [0.1, 0.15) is 0 Å². The van der Waals surface area contributed by atoms with Crippen LogP contribution in [0.3, 0.4) is 0 Å². The third-order valence-corrected chi connectivity index (χ3v) is 4.59. The van der Waals surface area contributed by atoms with Crippen LogP contribution in [-0.2, 0) is 11.3 Å². The Bertz CT molecular complexity index is 465. The zero-order valence-corrected chi connectivity index (χ0v) is 12.8. The first-order valence-corrected chi connectivity index (χ1v) is 7.85. The molecule has 0 amide bonds. The Labute approximate surface area is 128 Å². The zero-order chi connectivity index (χ0) is 15.3. The molecule has 2 atom stereocenters. The fraction of sp³-hybridized carbons (Fsp3) is 0.588. The highest BCUT2D eigenvalue weighted by molar-refractivity contribution is 6.27. The molecule has 1 N–H and O–H groups in total. The van der Waals surface area contributed by atoms with Crippen molar-refractivity contribution < 1.29 is 9.90 Å². The third-order valence-electron chi connectivity index (χ3n) is 4.59. The Morgan fingerprint density at radius 1 is 1.43 bits per heavy atom. The molecule has 0 spiro atoms. The van der Waals surface area contributed by atoms with E-state index in [1.165, 1.54) is 5.56 Å². The van der Waals surface area contributed by atoms with E-state index in [0.29, 0.717) is 6.42 Å². The number of hydrogen-bond acceptors (Lipinski definition) is 2. The summed E-state index contributed by atoms with van der Waals surface area (Å²) in [4.78, 5) is 14.0. The Kier molecular flexibility index (Phi) is 5.46. The fourth-order valence-corrected chi connectivity index (χ4v) is 3.19. The van der Waals surface area contributed by atoms with Crippen LogP contribution in [0.5, 0.6) is 0 Å². The standard InChI is InChI=1S/C17H24BNO2/c1-2-3-10-17(18,16(20)21)15-9-11-19(13-15)12-14-7-5-4-6-8-14/h4-8,15H,2-3,9-13H2,1H3,(H,20,21). The van der Waals surface area contributed by atoms with Crippen LogP contribution in [0.4, 0.5) is 0 Å². The molecule has 1 aromatic rings. The Balaban J connectivity index is 1.98. The maximum atomic E-state index is 11.6. The lowest BCUT2D eigenvalue weighted by Crippen LogP contribution is -2.34. The van der Waals surface area contributed by atoms with Gasteiger partial charge in [-0.25, -0.2) is 0 Å². The van der Waals surface area contributed by atoms with Gasteiger partial charge in [-0.1, -0.05) is 50.1 Å². The molecule has 1 aliphatic rings.